The highest BCUT2D eigenvalue weighted by Gasteiger charge is 2.43. The minimum Gasteiger partial charge on any atom is -0.492 e. The molecule has 0 radical (unpaired) electrons. The number of hydrogen-bond donors (Lipinski definition) is 5. The van der Waals surface area contributed by atoms with E-state index in [0.717, 1.165) is 11.1 Å². The highest BCUT2D eigenvalue weighted by atomic mass is 32.2. The van der Waals surface area contributed by atoms with Gasteiger partial charge in [0, 0.05) is 87.9 Å². The van der Waals surface area contributed by atoms with Crippen molar-refractivity contribution in [2.24, 2.45) is 0 Å². The summed E-state index contributed by atoms with van der Waals surface area (Å²) in [6, 6.07) is 33.8. The second-order valence-corrected chi connectivity index (χ2v) is 16.1. The van der Waals surface area contributed by atoms with Crippen molar-refractivity contribution < 1.29 is 57.1 Å². The normalized spacial score (nSPS) is 16.7. The van der Waals surface area contributed by atoms with Gasteiger partial charge in [0.1, 0.15) is 22.3 Å². The number of aromatic nitrogens is 2. The summed E-state index contributed by atoms with van der Waals surface area (Å²) in [5.41, 5.74) is 4.77. The van der Waals surface area contributed by atoms with Crippen LogP contribution >= 0.6 is 0 Å². The summed E-state index contributed by atoms with van der Waals surface area (Å²) >= 11 is 0. The number of nitrogens with zero attached hydrogens (tertiary/aromatic N) is 4. The van der Waals surface area contributed by atoms with Gasteiger partial charge in [-0.2, -0.15) is 13.0 Å². The highest BCUT2D eigenvalue weighted by Crippen LogP contribution is 2.45. The first-order valence-corrected chi connectivity index (χ1v) is 20.6. The SMILES string of the molecule is O=C(On1c(O)ccc1O)C1Cc2ccccc2N1c1ccc2c(-c3ccccc3S(=O)(=O)O)c3ccc(=[N+]4c5ccccc5CC4C(=O)On4c(O)ccc4O)cc-3oc2c1. The summed E-state index contributed by atoms with van der Waals surface area (Å²) < 4.78 is 45.9. The molecule has 0 spiro atoms. The third-order valence-corrected chi connectivity index (χ3v) is 12.0. The number of hydrogen-bond acceptors (Lipinski definition) is 12. The third-order valence-electron chi connectivity index (χ3n) is 11.1. The molecule has 16 nitrogen and oxygen atoms in total. The molecule has 6 aromatic rings. The second kappa shape index (κ2) is 14.3. The van der Waals surface area contributed by atoms with Crippen molar-refractivity contribution in [1.82, 2.24) is 14.0 Å². The number of anilines is 2. The largest absolute Gasteiger partial charge is 0.492 e. The number of aromatic hydroxyl groups is 4. The first-order chi connectivity index (χ1) is 29.9. The standard InChI is InChI=1S/C45H32N4O12S/c50-39-17-18-40(51)48(39)60-44(54)34-21-25-7-1-4-10-32(25)46(34)27-13-15-29-36(23-27)59-37-24-28(14-16-30(37)43(29)31-9-3-6-12-38(31)62(56,57)58)47-33-11-5-2-8-26(33)22-35(47)45(55)61-49-41(52)19-20-42(49)53/h1-20,23-24,34-35H,21-22H2,(H4-,50,51,52,53,56,57,58)/p+1. The summed E-state index contributed by atoms with van der Waals surface area (Å²) in [5, 5.41) is 41.8. The fraction of sp³-hybridized carbons (Fsp3) is 0.0889. The number of carbonyl (C=O) groups excluding carboxylic acids is 2. The van der Waals surface area contributed by atoms with Crippen molar-refractivity contribution in [3.63, 3.8) is 0 Å². The summed E-state index contributed by atoms with van der Waals surface area (Å²) in [6.45, 7) is 0. The van der Waals surface area contributed by atoms with Gasteiger partial charge < -0.3 is 39.4 Å². The van der Waals surface area contributed by atoms with E-state index in [0.29, 0.717) is 48.4 Å². The number of carbonyl (C=O) groups is 2. The fourth-order valence-electron chi connectivity index (χ4n) is 8.44. The molecule has 5 N–H and O–H groups in total. The van der Waals surface area contributed by atoms with Crippen LogP contribution in [0.1, 0.15) is 11.1 Å². The van der Waals surface area contributed by atoms with Crippen LogP contribution in [0, 0.1) is 0 Å². The van der Waals surface area contributed by atoms with Crippen LogP contribution < -0.4 is 24.5 Å². The van der Waals surface area contributed by atoms with Crippen LogP contribution in [-0.4, -0.2) is 66.9 Å². The van der Waals surface area contributed by atoms with E-state index < -0.39 is 57.7 Å². The molecule has 2 aromatic heterocycles. The van der Waals surface area contributed by atoms with E-state index >= 15 is 0 Å². The van der Waals surface area contributed by atoms with Gasteiger partial charge in [-0.1, -0.05) is 54.6 Å². The fourth-order valence-corrected chi connectivity index (χ4v) is 9.13. The lowest BCUT2D eigenvalue weighted by atomic mass is 9.93. The Kier molecular flexibility index (Phi) is 8.82. The minimum absolute atomic E-state index is 0.180. The van der Waals surface area contributed by atoms with Gasteiger partial charge in [-0.25, -0.2) is 9.59 Å². The molecule has 3 aliphatic heterocycles. The average Bonchev–Trinajstić information content (AvgIpc) is 4.02. The Morgan fingerprint density at radius 2 is 1.29 bits per heavy atom. The minimum atomic E-state index is -4.74. The van der Waals surface area contributed by atoms with E-state index in [9.17, 15) is 43.0 Å². The summed E-state index contributed by atoms with van der Waals surface area (Å²) in [7, 11) is -4.74. The van der Waals surface area contributed by atoms with Crippen LogP contribution in [0.5, 0.6) is 23.5 Å². The van der Waals surface area contributed by atoms with E-state index in [2.05, 4.69) is 0 Å². The molecule has 17 heteroatoms. The van der Waals surface area contributed by atoms with Gasteiger partial charge >= 0.3 is 11.9 Å². The van der Waals surface area contributed by atoms with Gasteiger partial charge in [-0.05, 0) is 35.9 Å². The van der Waals surface area contributed by atoms with Gasteiger partial charge in [-0.15, -0.1) is 9.46 Å². The first-order valence-electron chi connectivity index (χ1n) is 19.1. The molecule has 4 aromatic carbocycles. The number of rotatable bonds is 7. The lowest BCUT2D eigenvalue weighted by Gasteiger charge is -2.27. The van der Waals surface area contributed by atoms with Gasteiger partial charge in [-0.3, -0.25) is 4.55 Å². The van der Waals surface area contributed by atoms with Crippen molar-refractivity contribution in [3.8, 4) is 46.0 Å². The van der Waals surface area contributed by atoms with Gasteiger partial charge in [0.2, 0.25) is 34.6 Å². The zero-order chi connectivity index (χ0) is 43.0. The molecule has 0 fully saturated rings. The molecule has 0 saturated carbocycles. The maximum Gasteiger partial charge on any atom is 0.401 e. The predicted molar refractivity (Wildman–Crippen MR) is 222 cm³/mol. The topological polar surface area (TPSA) is 217 Å². The Hall–Kier alpha value is -8.02. The summed E-state index contributed by atoms with van der Waals surface area (Å²) in [5.74, 6) is -3.24. The molecule has 62 heavy (non-hydrogen) atoms. The maximum atomic E-state index is 13.9. The quantitative estimate of drug-likeness (QED) is 0.0785. The zero-order valence-electron chi connectivity index (χ0n) is 32.1. The number of para-hydroxylation sites is 2. The van der Waals surface area contributed by atoms with Crippen LogP contribution in [0.2, 0.25) is 0 Å². The van der Waals surface area contributed by atoms with Crippen LogP contribution in [0.15, 0.2) is 143 Å². The Morgan fingerprint density at radius 3 is 2.00 bits per heavy atom. The van der Waals surface area contributed by atoms with Crippen LogP contribution in [0.25, 0.3) is 33.4 Å². The van der Waals surface area contributed by atoms with Crippen LogP contribution in [0.4, 0.5) is 17.1 Å². The predicted octanol–water partition coefficient (Wildman–Crippen LogP) is 5.28. The van der Waals surface area contributed by atoms with E-state index in [1.807, 2.05) is 48.5 Å². The van der Waals surface area contributed by atoms with E-state index in [1.165, 1.54) is 36.4 Å². The molecule has 0 saturated heterocycles. The maximum absolute atomic E-state index is 13.9. The van der Waals surface area contributed by atoms with E-state index in [4.69, 9.17) is 14.1 Å². The van der Waals surface area contributed by atoms with Crippen molar-refractivity contribution in [1.29, 1.82) is 0 Å². The zero-order valence-corrected chi connectivity index (χ0v) is 32.9. The van der Waals surface area contributed by atoms with Gasteiger partial charge in [0.05, 0.1) is 12.5 Å². The number of fused-ring (bicyclic) bond motifs is 4. The molecule has 310 valence electrons. The Labute approximate surface area is 350 Å². The van der Waals surface area contributed by atoms with Crippen LogP contribution in [-0.2, 0) is 32.5 Å². The Bertz CT molecular complexity index is 3280. The molecule has 5 heterocycles. The van der Waals surface area contributed by atoms with E-state index in [1.54, 1.807) is 58.0 Å². The average molecular weight is 854 g/mol. The second-order valence-electron chi connectivity index (χ2n) is 14.8. The molecular weight excluding hydrogens is 821 g/mol. The molecule has 1 aliphatic carbocycles. The molecular formula is C45H33N4O12S+. The smallest absolute Gasteiger partial charge is 0.401 e. The van der Waals surface area contributed by atoms with Gasteiger partial charge in [0.15, 0.2) is 0 Å². The monoisotopic (exact) mass is 853 g/mol. The lowest BCUT2D eigenvalue weighted by Crippen LogP contribution is -2.42. The number of benzene rings is 5. The Balaban J connectivity index is 1.18. The van der Waals surface area contributed by atoms with Crippen molar-refractivity contribution >= 4 is 50.1 Å². The molecule has 0 amide bonds. The third kappa shape index (κ3) is 6.25. The van der Waals surface area contributed by atoms with Crippen LogP contribution in [0.3, 0.4) is 0 Å². The summed E-state index contributed by atoms with van der Waals surface area (Å²) in [4.78, 5) is 40.0. The van der Waals surface area contributed by atoms with Crippen molar-refractivity contribution in [2.75, 3.05) is 4.90 Å². The Morgan fingerprint density at radius 1 is 0.661 bits per heavy atom. The molecule has 4 aliphatic rings. The molecule has 2 atom stereocenters. The van der Waals surface area contributed by atoms with E-state index in [-0.39, 0.29) is 34.6 Å². The molecule has 2 unspecified atom stereocenters. The van der Waals surface area contributed by atoms with Crippen molar-refractivity contribution in [2.45, 2.75) is 29.8 Å². The molecule has 0 bridgehead atoms. The van der Waals surface area contributed by atoms with Crippen molar-refractivity contribution in [3.05, 3.63) is 150 Å². The lowest BCUT2D eigenvalue weighted by molar-refractivity contribution is -0.148. The van der Waals surface area contributed by atoms with Gasteiger partial charge in [0.25, 0.3) is 16.2 Å². The first kappa shape index (κ1) is 38.2. The molecule has 10 rings (SSSR count). The highest BCUT2D eigenvalue weighted by molar-refractivity contribution is 7.86. The summed E-state index contributed by atoms with van der Waals surface area (Å²) in [6.07, 6.45) is 0.428.